The highest BCUT2D eigenvalue weighted by Gasteiger charge is 2.33. The van der Waals surface area contributed by atoms with Gasteiger partial charge in [-0.05, 0) is 49.8 Å². The molecule has 36 heavy (non-hydrogen) atoms. The number of fused-ring (bicyclic) bond motifs is 1. The van der Waals surface area contributed by atoms with Crippen molar-refractivity contribution in [2.75, 3.05) is 17.4 Å². The first-order valence-corrected chi connectivity index (χ1v) is 12.9. The molecule has 1 amide bonds. The fourth-order valence-electron chi connectivity index (χ4n) is 3.66. The molecule has 0 N–H and O–H groups in total. The van der Waals surface area contributed by atoms with Crippen LogP contribution in [-0.2, 0) is 9.59 Å². The first-order chi connectivity index (χ1) is 17.4. The van der Waals surface area contributed by atoms with E-state index in [4.69, 9.17) is 9.47 Å². The fraction of sp³-hybridized carbons (Fsp3) is 0.192. The van der Waals surface area contributed by atoms with Gasteiger partial charge < -0.3 is 9.47 Å². The molecule has 0 fully saturated rings. The van der Waals surface area contributed by atoms with Gasteiger partial charge in [0.15, 0.2) is 28.4 Å². The minimum absolute atomic E-state index is 0.0252. The summed E-state index contributed by atoms with van der Waals surface area (Å²) in [5, 5.41) is 12.2. The predicted molar refractivity (Wildman–Crippen MR) is 139 cm³/mol. The number of ketones is 1. The summed E-state index contributed by atoms with van der Waals surface area (Å²) >= 11 is 2.42. The van der Waals surface area contributed by atoms with Crippen molar-refractivity contribution in [3.63, 3.8) is 0 Å². The Balaban J connectivity index is 1.42. The Labute approximate surface area is 215 Å². The third kappa shape index (κ3) is 4.76. The third-order valence-electron chi connectivity index (χ3n) is 5.50. The Morgan fingerprint density at radius 3 is 2.72 bits per heavy atom. The number of carbonyl (C=O) groups is 2. The number of nitrogens with zero attached hydrogens (tertiary/aromatic N) is 4. The SMILES string of the molecule is Cc1ccc(N2C(=O)C(=Cc3ccc4c(c3)OCO4)N=C2SCC(=O)C(C#N)c2nc(C)cs2)cc1. The van der Waals surface area contributed by atoms with Gasteiger partial charge >= 0.3 is 0 Å². The van der Waals surface area contributed by atoms with Crippen LogP contribution in [0.4, 0.5) is 5.69 Å². The first kappa shape index (κ1) is 23.8. The molecular weight excluding hydrogens is 496 g/mol. The number of ether oxygens (including phenoxy) is 2. The van der Waals surface area contributed by atoms with E-state index < -0.39 is 5.92 Å². The highest BCUT2D eigenvalue weighted by atomic mass is 32.2. The van der Waals surface area contributed by atoms with Gasteiger partial charge in [0.2, 0.25) is 6.79 Å². The Bertz CT molecular complexity index is 1450. The van der Waals surface area contributed by atoms with Crippen molar-refractivity contribution in [2.24, 2.45) is 4.99 Å². The van der Waals surface area contributed by atoms with Crippen LogP contribution in [0.5, 0.6) is 11.5 Å². The van der Waals surface area contributed by atoms with Crippen molar-refractivity contribution in [3.05, 3.63) is 75.4 Å². The zero-order chi connectivity index (χ0) is 25.2. The number of hydrogen-bond acceptors (Lipinski definition) is 9. The molecule has 5 rings (SSSR count). The summed E-state index contributed by atoms with van der Waals surface area (Å²) in [6.07, 6.45) is 1.68. The number of rotatable bonds is 6. The maximum atomic E-state index is 13.4. The number of Topliss-reactive ketones (excluding diaryl/α,β-unsaturated/α-hetero) is 1. The predicted octanol–water partition coefficient (Wildman–Crippen LogP) is 4.84. The number of hydrogen-bond donors (Lipinski definition) is 0. The first-order valence-electron chi connectivity index (χ1n) is 11.0. The van der Waals surface area contributed by atoms with Crippen molar-refractivity contribution >= 4 is 51.7 Å². The monoisotopic (exact) mass is 516 g/mol. The van der Waals surface area contributed by atoms with Gasteiger partial charge in [0.05, 0.1) is 17.5 Å². The second kappa shape index (κ2) is 9.97. The quantitative estimate of drug-likeness (QED) is 0.432. The molecule has 1 aromatic heterocycles. The molecular formula is C26H20N4O4S2. The van der Waals surface area contributed by atoms with Crippen molar-refractivity contribution in [2.45, 2.75) is 19.8 Å². The lowest BCUT2D eigenvalue weighted by atomic mass is 10.1. The van der Waals surface area contributed by atoms with Gasteiger partial charge in [0.1, 0.15) is 10.7 Å². The maximum Gasteiger partial charge on any atom is 0.283 e. The molecule has 0 bridgehead atoms. The normalized spacial score (nSPS) is 16.2. The van der Waals surface area contributed by atoms with Crippen molar-refractivity contribution < 1.29 is 19.1 Å². The lowest BCUT2D eigenvalue weighted by molar-refractivity contribution is -0.117. The molecule has 2 aliphatic rings. The second-order valence-electron chi connectivity index (χ2n) is 8.16. The number of thiazole rings is 1. The Kier molecular flexibility index (Phi) is 6.59. The van der Waals surface area contributed by atoms with Gasteiger partial charge in [-0.15, -0.1) is 11.3 Å². The van der Waals surface area contributed by atoms with Gasteiger partial charge in [0.25, 0.3) is 5.91 Å². The molecule has 0 aliphatic carbocycles. The van der Waals surface area contributed by atoms with Crippen molar-refractivity contribution in [1.29, 1.82) is 5.26 Å². The molecule has 0 spiro atoms. The zero-order valence-electron chi connectivity index (χ0n) is 19.4. The van der Waals surface area contributed by atoms with Crippen LogP contribution in [0.3, 0.4) is 0 Å². The number of thioether (sulfide) groups is 1. The van der Waals surface area contributed by atoms with Crippen LogP contribution >= 0.6 is 23.1 Å². The van der Waals surface area contributed by atoms with Crippen LogP contribution in [0.2, 0.25) is 0 Å². The molecule has 3 heterocycles. The van der Waals surface area contributed by atoms with Gasteiger partial charge in [-0.25, -0.2) is 9.98 Å². The molecule has 0 saturated heterocycles. The number of aromatic nitrogens is 1. The number of amidine groups is 1. The van der Waals surface area contributed by atoms with Crippen LogP contribution in [0, 0.1) is 25.2 Å². The van der Waals surface area contributed by atoms with Gasteiger partial charge in [0, 0.05) is 11.1 Å². The standard InChI is InChI=1S/C26H20N4O4S2/c1-15-3-6-18(7-4-15)30-25(32)20(9-17-5-8-22-23(10-17)34-14-33-22)29-26(30)36-13-21(31)19(11-27)24-28-16(2)12-35-24/h3-10,12,19H,13-14H2,1-2H3. The van der Waals surface area contributed by atoms with Crippen LogP contribution in [0.15, 0.2) is 58.5 Å². The zero-order valence-corrected chi connectivity index (χ0v) is 21.1. The number of anilines is 1. The largest absolute Gasteiger partial charge is 0.454 e. The lowest BCUT2D eigenvalue weighted by Gasteiger charge is -2.18. The molecule has 10 heteroatoms. The van der Waals surface area contributed by atoms with E-state index in [1.807, 2.05) is 49.6 Å². The Hall–Kier alpha value is -3.94. The second-order valence-corrected chi connectivity index (χ2v) is 9.99. The van der Waals surface area contributed by atoms with Gasteiger partial charge in [-0.3, -0.25) is 14.5 Å². The summed E-state index contributed by atoms with van der Waals surface area (Å²) in [7, 11) is 0. The summed E-state index contributed by atoms with van der Waals surface area (Å²) in [5.41, 5.74) is 3.44. The summed E-state index contributed by atoms with van der Waals surface area (Å²) in [6.45, 7) is 3.94. The molecule has 1 unspecified atom stereocenters. The van der Waals surface area contributed by atoms with Crippen LogP contribution < -0.4 is 14.4 Å². The Morgan fingerprint density at radius 1 is 1.22 bits per heavy atom. The summed E-state index contributed by atoms with van der Waals surface area (Å²) in [6, 6.07) is 14.9. The van der Waals surface area contributed by atoms with E-state index in [-0.39, 0.29) is 29.9 Å². The molecule has 1 atom stereocenters. The van der Waals surface area contributed by atoms with E-state index >= 15 is 0 Å². The highest BCUT2D eigenvalue weighted by Crippen LogP contribution is 2.35. The van der Waals surface area contributed by atoms with Crippen molar-refractivity contribution in [1.82, 2.24) is 4.98 Å². The van der Waals surface area contributed by atoms with Crippen LogP contribution in [-0.4, -0.2) is 34.4 Å². The lowest BCUT2D eigenvalue weighted by Crippen LogP contribution is -2.31. The number of nitriles is 1. The molecule has 8 nitrogen and oxygen atoms in total. The maximum absolute atomic E-state index is 13.4. The smallest absolute Gasteiger partial charge is 0.283 e. The molecule has 180 valence electrons. The summed E-state index contributed by atoms with van der Waals surface area (Å²) in [5.74, 6) is -0.317. The average molecular weight is 517 g/mol. The molecule has 2 aliphatic heterocycles. The van der Waals surface area contributed by atoms with Crippen molar-refractivity contribution in [3.8, 4) is 17.6 Å². The Morgan fingerprint density at radius 2 is 2.00 bits per heavy atom. The third-order valence-corrected chi connectivity index (χ3v) is 7.49. The summed E-state index contributed by atoms with van der Waals surface area (Å²) in [4.78, 5) is 36.7. The van der Waals surface area contributed by atoms with E-state index in [0.717, 1.165) is 28.6 Å². The van der Waals surface area contributed by atoms with E-state index in [1.165, 1.54) is 16.2 Å². The molecule has 0 radical (unpaired) electrons. The van der Waals surface area contributed by atoms with Gasteiger partial charge in [-0.2, -0.15) is 5.26 Å². The number of aryl methyl sites for hydroxylation is 2. The molecule has 3 aromatic rings. The molecule has 0 saturated carbocycles. The average Bonchev–Trinajstić information content (AvgIpc) is 3.58. The van der Waals surface area contributed by atoms with E-state index in [1.54, 1.807) is 18.2 Å². The molecule has 2 aromatic carbocycles. The number of aliphatic imine (C=N–C) groups is 1. The van der Waals surface area contributed by atoms with E-state index in [0.29, 0.717) is 27.4 Å². The fourth-order valence-corrected chi connectivity index (χ4v) is 5.44. The topological polar surface area (TPSA) is 105 Å². The van der Waals surface area contributed by atoms with Crippen LogP contribution in [0.25, 0.3) is 6.08 Å². The summed E-state index contributed by atoms with van der Waals surface area (Å²) < 4.78 is 10.8. The highest BCUT2D eigenvalue weighted by molar-refractivity contribution is 8.14. The minimum Gasteiger partial charge on any atom is -0.454 e. The van der Waals surface area contributed by atoms with E-state index in [2.05, 4.69) is 16.0 Å². The van der Waals surface area contributed by atoms with Gasteiger partial charge in [-0.1, -0.05) is 35.5 Å². The number of benzene rings is 2. The minimum atomic E-state index is -0.953. The van der Waals surface area contributed by atoms with Crippen LogP contribution in [0.1, 0.15) is 27.7 Å². The number of carbonyl (C=O) groups excluding carboxylic acids is 2. The van der Waals surface area contributed by atoms with E-state index in [9.17, 15) is 14.9 Å². The number of amides is 1.